The lowest BCUT2D eigenvalue weighted by atomic mass is 9.90. The minimum absolute atomic E-state index is 0.306. The monoisotopic (exact) mass is 311 g/mol. The lowest BCUT2D eigenvalue weighted by molar-refractivity contribution is -0.139. The average Bonchev–Trinajstić information content (AvgIpc) is 2.34. The van der Waals surface area contributed by atoms with Gasteiger partial charge in [0.2, 0.25) is 0 Å². The van der Waals surface area contributed by atoms with Crippen molar-refractivity contribution < 1.29 is 19.4 Å². The molecule has 1 aliphatic rings. The Morgan fingerprint density at radius 2 is 2.05 bits per heavy atom. The van der Waals surface area contributed by atoms with E-state index in [-0.39, 0.29) is 0 Å². The van der Waals surface area contributed by atoms with Crippen LogP contribution in [0, 0.1) is 0 Å². The summed E-state index contributed by atoms with van der Waals surface area (Å²) in [7, 11) is 0. The van der Waals surface area contributed by atoms with Crippen LogP contribution in [0.3, 0.4) is 0 Å². The first-order valence-electron chi connectivity index (χ1n) is 6.72. The molecule has 1 heterocycles. The van der Waals surface area contributed by atoms with Crippen LogP contribution in [0.4, 0.5) is 10.5 Å². The van der Waals surface area contributed by atoms with E-state index in [1.807, 2.05) is 0 Å². The van der Waals surface area contributed by atoms with E-state index in [0.29, 0.717) is 29.2 Å². The van der Waals surface area contributed by atoms with Gasteiger partial charge < -0.3 is 9.84 Å². The summed E-state index contributed by atoms with van der Waals surface area (Å²) >= 11 is 5.95. The van der Waals surface area contributed by atoms with Crippen LogP contribution in [0.5, 0.6) is 0 Å². The second-order valence-corrected chi connectivity index (χ2v) is 6.45. The molecule has 0 radical (unpaired) electrons. The van der Waals surface area contributed by atoms with Gasteiger partial charge in [-0.2, -0.15) is 0 Å². The molecule has 5 nitrogen and oxygen atoms in total. The molecule has 2 rings (SSSR count). The first-order chi connectivity index (χ1) is 9.69. The molecule has 1 amide bonds. The van der Waals surface area contributed by atoms with Crippen LogP contribution in [0.15, 0.2) is 18.2 Å². The highest BCUT2D eigenvalue weighted by Gasteiger charge is 2.34. The molecule has 0 bridgehead atoms. The summed E-state index contributed by atoms with van der Waals surface area (Å²) in [6.45, 7) is 5.67. The lowest BCUT2D eigenvalue weighted by Crippen LogP contribution is -2.41. The molecule has 0 aliphatic carbocycles. The fourth-order valence-electron chi connectivity index (χ4n) is 2.35. The molecule has 1 N–H and O–H groups in total. The molecule has 1 aromatic carbocycles. The molecule has 21 heavy (non-hydrogen) atoms. The van der Waals surface area contributed by atoms with Gasteiger partial charge in [0.15, 0.2) is 0 Å². The highest BCUT2D eigenvalue weighted by atomic mass is 35.5. The fourth-order valence-corrected chi connectivity index (χ4v) is 2.53. The number of rotatable bonds is 1. The number of carboxylic acids is 1. The molecule has 0 saturated carbocycles. The summed E-state index contributed by atoms with van der Waals surface area (Å²) in [6, 6.07) is 4.91. The van der Waals surface area contributed by atoms with Gasteiger partial charge in [-0.3, -0.25) is 9.69 Å². The van der Waals surface area contributed by atoms with Crippen LogP contribution >= 0.6 is 11.6 Å². The Balaban J connectivity index is 2.38. The smallest absolute Gasteiger partial charge is 0.414 e. The number of amides is 1. The number of benzene rings is 1. The Kier molecular flexibility index (Phi) is 4.14. The van der Waals surface area contributed by atoms with Gasteiger partial charge in [-0.1, -0.05) is 11.6 Å². The summed E-state index contributed by atoms with van der Waals surface area (Å²) in [5, 5.41) is 9.76. The predicted octanol–water partition coefficient (Wildman–Crippen LogP) is 3.65. The minimum atomic E-state index is -0.914. The van der Waals surface area contributed by atoms with E-state index in [0.717, 1.165) is 0 Å². The van der Waals surface area contributed by atoms with E-state index >= 15 is 0 Å². The maximum atomic E-state index is 12.3. The average molecular weight is 312 g/mol. The molecule has 114 valence electrons. The maximum absolute atomic E-state index is 12.3. The molecule has 0 spiro atoms. The second-order valence-electron chi connectivity index (χ2n) is 6.01. The van der Waals surface area contributed by atoms with Crippen LogP contribution in [-0.4, -0.2) is 29.3 Å². The molecule has 1 atom stereocenters. The standard InChI is InChI=1S/C15H18ClNO4/c1-15(2,3)21-14(20)17-7-6-10(13(18)19)11-8-9(16)4-5-12(11)17/h4-5,8,10H,6-7H2,1-3H3,(H,18,19). The number of carbonyl (C=O) groups is 2. The molecular weight excluding hydrogens is 294 g/mol. The van der Waals surface area contributed by atoms with Crippen LogP contribution in [-0.2, 0) is 9.53 Å². The summed E-state index contributed by atoms with van der Waals surface area (Å²) < 4.78 is 5.37. The van der Waals surface area contributed by atoms with Gasteiger partial charge in [-0.25, -0.2) is 4.79 Å². The maximum Gasteiger partial charge on any atom is 0.414 e. The van der Waals surface area contributed by atoms with Crippen LogP contribution in [0.1, 0.15) is 38.7 Å². The topological polar surface area (TPSA) is 66.8 Å². The summed E-state index contributed by atoms with van der Waals surface area (Å²) in [5.41, 5.74) is 0.493. The molecule has 0 aromatic heterocycles. The van der Waals surface area contributed by atoms with Gasteiger partial charge in [0, 0.05) is 11.6 Å². The summed E-state index contributed by atoms with van der Waals surface area (Å²) in [6.07, 6.45) is -0.142. The fraction of sp³-hybridized carbons (Fsp3) is 0.467. The van der Waals surface area contributed by atoms with E-state index in [1.165, 1.54) is 4.90 Å². The lowest BCUT2D eigenvalue weighted by Gasteiger charge is -2.34. The van der Waals surface area contributed by atoms with Gasteiger partial charge >= 0.3 is 12.1 Å². The zero-order valence-corrected chi connectivity index (χ0v) is 13.0. The molecule has 6 heteroatoms. The number of ether oxygens (including phenoxy) is 1. The number of aliphatic carboxylic acids is 1. The number of nitrogens with zero attached hydrogens (tertiary/aromatic N) is 1. The predicted molar refractivity (Wildman–Crippen MR) is 80.0 cm³/mol. The van der Waals surface area contributed by atoms with Crippen molar-refractivity contribution in [3.8, 4) is 0 Å². The molecular formula is C15H18ClNO4. The minimum Gasteiger partial charge on any atom is -0.481 e. The van der Waals surface area contributed by atoms with Crippen molar-refractivity contribution in [1.82, 2.24) is 0 Å². The highest BCUT2D eigenvalue weighted by molar-refractivity contribution is 6.30. The number of carboxylic acid groups (broad SMARTS) is 1. The van der Waals surface area contributed by atoms with Crippen molar-refractivity contribution in [2.75, 3.05) is 11.4 Å². The second kappa shape index (κ2) is 5.56. The molecule has 1 aromatic rings. The van der Waals surface area contributed by atoms with Crippen molar-refractivity contribution in [3.63, 3.8) is 0 Å². The Morgan fingerprint density at radius 1 is 1.38 bits per heavy atom. The van der Waals surface area contributed by atoms with E-state index in [9.17, 15) is 14.7 Å². The summed E-state index contributed by atoms with van der Waals surface area (Å²) in [4.78, 5) is 25.1. The first-order valence-corrected chi connectivity index (χ1v) is 7.09. The van der Waals surface area contributed by atoms with Crippen LogP contribution in [0.2, 0.25) is 5.02 Å². The molecule has 0 fully saturated rings. The normalized spacial score (nSPS) is 18.1. The zero-order valence-electron chi connectivity index (χ0n) is 12.2. The van der Waals surface area contributed by atoms with Crippen LogP contribution < -0.4 is 4.90 Å². The molecule has 1 aliphatic heterocycles. The van der Waals surface area contributed by atoms with Crippen molar-refractivity contribution in [2.45, 2.75) is 38.7 Å². The number of hydrogen-bond acceptors (Lipinski definition) is 3. The van der Waals surface area contributed by atoms with Crippen LogP contribution in [0.25, 0.3) is 0 Å². The number of carbonyl (C=O) groups excluding carboxylic acids is 1. The Morgan fingerprint density at radius 3 is 2.62 bits per heavy atom. The SMILES string of the molecule is CC(C)(C)OC(=O)N1CCC(C(=O)O)c2cc(Cl)ccc21. The van der Waals surface area contributed by atoms with Crippen molar-refractivity contribution in [1.29, 1.82) is 0 Å². The number of hydrogen-bond donors (Lipinski definition) is 1. The third kappa shape index (κ3) is 3.47. The highest BCUT2D eigenvalue weighted by Crippen LogP contribution is 2.37. The third-order valence-corrected chi connectivity index (χ3v) is 3.44. The largest absolute Gasteiger partial charge is 0.481 e. The van der Waals surface area contributed by atoms with E-state index < -0.39 is 23.6 Å². The van der Waals surface area contributed by atoms with Crippen molar-refractivity contribution in [3.05, 3.63) is 28.8 Å². The Labute approximate surface area is 128 Å². The van der Waals surface area contributed by atoms with E-state index in [1.54, 1.807) is 39.0 Å². The number of anilines is 1. The quantitative estimate of drug-likeness (QED) is 0.859. The molecule has 1 unspecified atom stereocenters. The Bertz CT molecular complexity index is 580. The first kappa shape index (κ1) is 15.6. The number of halogens is 1. The van der Waals surface area contributed by atoms with Crippen molar-refractivity contribution >= 4 is 29.4 Å². The van der Waals surface area contributed by atoms with Gasteiger partial charge in [0.1, 0.15) is 5.60 Å². The Hall–Kier alpha value is -1.75. The van der Waals surface area contributed by atoms with E-state index in [4.69, 9.17) is 16.3 Å². The van der Waals surface area contributed by atoms with Gasteiger partial charge in [-0.05, 0) is 51.0 Å². The van der Waals surface area contributed by atoms with Gasteiger partial charge in [-0.15, -0.1) is 0 Å². The third-order valence-electron chi connectivity index (χ3n) is 3.21. The van der Waals surface area contributed by atoms with Gasteiger partial charge in [0.05, 0.1) is 11.6 Å². The zero-order chi connectivity index (χ0) is 15.8. The van der Waals surface area contributed by atoms with Gasteiger partial charge in [0.25, 0.3) is 0 Å². The summed E-state index contributed by atoms with van der Waals surface area (Å²) in [5.74, 6) is -1.57. The van der Waals surface area contributed by atoms with Crippen molar-refractivity contribution in [2.24, 2.45) is 0 Å². The number of fused-ring (bicyclic) bond motifs is 1. The molecule has 0 saturated heterocycles. The van der Waals surface area contributed by atoms with E-state index in [2.05, 4.69) is 0 Å².